The van der Waals surface area contributed by atoms with Gasteiger partial charge in [0.1, 0.15) is 5.75 Å². The lowest BCUT2D eigenvalue weighted by Crippen LogP contribution is -2.32. The van der Waals surface area contributed by atoms with Gasteiger partial charge in [0.2, 0.25) is 5.91 Å². The molecule has 1 unspecified atom stereocenters. The molecule has 2 aliphatic heterocycles. The van der Waals surface area contributed by atoms with Crippen molar-refractivity contribution in [2.75, 3.05) is 33.3 Å². The van der Waals surface area contributed by atoms with Gasteiger partial charge in [-0.15, -0.1) is 0 Å². The molecular weight excluding hydrogens is 264 g/mol. The van der Waals surface area contributed by atoms with Gasteiger partial charge in [-0.2, -0.15) is 0 Å². The molecule has 3 atom stereocenters. The van der Waals surface area contributed by atoms with Gasteiger partial charge in [0, 0.05) is 32.6 Å². The number of nitrogens with one attached hydrogen (secondary N) is 1. The molecule has 2 aliphatic rings. The average molecular weight is 288 g/mol. The number of ether oxygens (including phenoxy) is 1. The number of likely N-dealkylation sites (tertiary alicyclic amines) is 1. The number of carbonyl (C=O) groups excluding carboxylic acids is 1. The highest BCUT2D eigenvalue weighted by Gasteiger charge is 2.38. The third-order valence-corrected chi connectivity index (χ3v) is 4.89. The van der Waals surface area contributed by atoms with Gasteiger partial charge < -0.3 is 15.0 Å². The first-order chi connectivity index (χ1) is 10.2. The van der Waals surface area contributed by atoms with Crippen LogP contribution in [-0.2, 0) is 4.79 Å². The highest BCUT2D eigenvalue weighted by atomic mass is 16.5. The molecule has 2 saturated heterocycles. The van der Waals surface area contributed by atoms with Gasteiger partial charge in [0.05, 0.1) is 7.11 Å². The van der Waals surface area contributed by atoms with Crippen molar-refractivity contribution in [3.05, 3.63) is 29.8 Å². The van der Waals surface area contributed by atoms with E-state index in [9.17, 15) is 4.79 Å². The molecule has 2 heterocycles. The lowest BCUT2D eigenvalue weighted by atomic mass is 9.96. The van der Waals surface area contributed by atoms with Crippen molar-refractivity contribution >= 4 is 5.91 Å². The number of hydrogen-bond acceptors (Lipinski definition) is 3. The SMILES string of the molecule is COc1ccccc1C(C)CC(=O)N1C[C@H]2CNC[C@H]2C1. The van der Waals surface area contributed by atoms with Crippen LogP contribution in [0.3, 0.4) is 0 Å². The Balaban J connectivity index is 1.62. The van der Waals surface area contributed by atoms with Crippen LogP contribution in [0.15, 0.2) is 24.3 Å². The minimum absolute atomic E-state index is 0.187. The van der Waals surface area contributed by atoms with Gasteiger partial charge in [-0.05, 0) is 29.4 Å². The van der Waals surface area contributed by atoms with E-state index in [2.05, 4.69) is 23.2 Å². The molecule has 1 amide bonds. The molecule has 1 aromatic carbocycles. The van der Waals surface area contributed by atoms with Crippen molar-refractivity contribution in [3.63, 3.8) is 0 Å². The highest BCUT2D eigenvalue weighted by Crippen LogP contribution is 2.31. The molecule has 3 rings (SSSR count). The summed E-state index contributed by atoms with van der Waals surface area (Å²) in [4.78, 5) is 14.6. The second-order valence-corrected chi connectivity index (χ2v) is 6.32. The predicted molar refractivity (Wildman–Crippen MR) is 82.5 cm³/mol. The lowest BCUT2D eigenvalue weighted by molar-refractivity contribution is -0.130. The summed E-state index contributed by atoms with van der Waals surface area (Å²) in [6.45, 7) is 6.09. The number of methoxy groups -OCH3 is 1. The van der Waals surface area contributed by atoms with Crippen LogP contribution in [0.4, 0.5) is 0 Å². The van der Waals surface area contributed by atoms with E-state index in [4.69, 9.17) is 4.74 Å². The molecule has 0 saturated carbocycles. The zero-order valence-corrected chi connectivity index (χ0v) is 12.8. The van der Waals surface area contributed by atoms with Gasteiger partial charge in [-0.1, -0.05) is 25.1 Å². The molecule has 0 bridgehead atoms. The third-order valence-electron chi connectivity index (χ3n) is 4.89. The fourth-order valence-electron chi connectivity index (χ4n) is 3.63. The summed E-state index contributed by atoms with van der Waals surface area (Å²) >= 11 is 0. The van der Waals surface area contributed by atoms with Crippen molar-refractivity contribution in [3.8, 4) is 5.75 Å². The molecule has 0 aliphatic carbocycles. The molecule has 0 aromatic heterocycles. The van der Waals surface area contributed by atoms with Gasteiger partial charge in [-0.25, -0.2) is 0 Å². The molecular formula is C17H24N2O2. The number of fused-ring (bicyclic) bond motifs is 1. The average Bonchev–Trinajstić information content (AvgIpc) is 3.08. The number of rotatable bonds is 4. The smallest absolute Gasteiger partial charge is 0.223 e. The van der Waals surface area contributed by atoms with E-state index < -0.39 is 0 Å². The summed E-state index contributed by atoms with van der Waals surface area (Å²) in [6, 6.07) is 7.98. The Morgan fingerprint density at radius 2 is 2.00 bits per heavy atom. The Labute approximate surface area is 126 Å². The molecule has 21 heavy (non-hydrogen) atoms. The standard InChI is InChI=1S/C17H24N2O2/c1-12(15-5-3-4-6-16(15)21-2)7-17(20)19-10-13-8-18-9-14(13)11-19/h3-6,12-14,18H,7-11H2,1-2H3/t12?,13-,14+. The largest absolute Gasteiger partial charge is 0.496 e. The maximum atomic E-state index is 12.5. The minimum atomic E-state index is 0.187. The summed E-state index contributed by atoms with van der Waals surface area (Å²) in [5.41, 5.74) is 1.12. The van der Waals surface area contributed by atoms with Crippen molar-refractivity contribution in [2.45, 2.75) is 19.3 Å². The van der Waals surface area contributed by atoms with E-state index >= 15 is 0 Å². The van der Waals surface area contributed by atoms with Crippen LogP contribution in [0.1, 0.15) is 24.8 Å². The Morgan fingerprint density at radius 1 is 1.33 bits per heavy atom. The third kappa shape index (κ3) is 2.91. The lowest BCUT2D eigenvalue weighted by Gasteiger charge is -2.21. The quantitative estimate of drug-likeness (QED) is 0.919. The fraction of sp³-hybridized carbons (Fsp3) is 0.588. The predicted octanol–water partition coefficient (Wildman–Crippen LogP) is 1.87. The summed E-state index contributed by atoms with van der Waals surface area (Å²) in [5.74, 6) is 2.67. The first kappa shape index (κ1) is 14.4. The van der Waals surface area contributed by atoms with Gasteiger partial charge in [0.15, 0.2) is 0 Å². The van der Waals surface area contributed by atoms with Crippen LogP contribution in [0.5, 0.6) is 5.75 Å². The topological polar surface area (TPSA) is 41.6 Å². The van der Waals surface area contributed by atoms with E-state index in [-0.39, 0.29) is 11.8 Å². The second-order valence-electron chi connectivity index (χ2n) is 6.32. The van der Waals surface area contributed by atoms with Crippen LogP contribution >= 0.6 is 0 Å². The maximum absolute atomic E-state index is 12.5. The van der Waals surface area contributed by atoms with Gasteiger partial charge in [0.25, 0.3) is 0 Å². The maximum Gasteiger partial charge on any atom is 0.223 e. The minimum Gasteiger partial charge on any atom is -0.496 e. The molecule has 114 valence electrons. The fourth-order valence-corrected chi connectivity index (χ4v) is 3.63. The Kier molecular flexibility index (Phi) is 4.15. The number of benzene rings is 1. The van der Waals surface area contributed by atoms with Crippen LogP contribution in [0.2, 0.25) is 0 Å². The van der Waals surface area contributed by atoms with Crippen LogP contribution in [-0.4, -0.2) is 44.1 Å². The van der Waals surface area contributed by atoms with Crippen molar-refractivity contribution in [1.82, 2.24) is 10.2 Å². The first-order valence-electron chi connectivity index (χ1n) is 7.80. The first-order valence-corrected chi connectivity index (χ1v) is 7.80. The van der Waals surface area contributed by atoms with Crippen molar-refractivity contribution in [1.29, 1.82) is 0 Å². The van der Waals surface area contributed by atoms with E-state index in [0.717, 1.165) is 37.5 Å². The van der Waals surface area contributed by atoms with Crippen LogP contribution in [0.25, 0.3) is 0 Å². The van der Waals surface area contributed by atoms with Crippen molar-refractivity contribution < 1.29 is 9.53 Å². The van der Waals surface area contributed by atoms with E-state index in [1.807, 2.05) is 18.2 Å². The molecule has 1 N–H and O–H groups in total. The Morgan fingerprint density at radius 3 is 2.67 bits per heavy atom. The molecule has 4 nitrogen and oxygen atoms in total. The summed E-state index contributed by atoms with van der Waals surface area (Å²) in [7, 11) is 1.68. The number of carbonyl (C=O) groups is 1. The monoisotopic (exact) mass is 288 g/mol. The zero-order valence-electron chi connectivity index (χ0n) is 12.8. The number of amides is 1. The number of para-hydroxylation sites is 1. The zero-order chi connectivity index (χ0) is 14.8. The van der Waals surface area contributed by atoms with Gasteiger partial charge in [-0.3, -0.25) is 4.79 Å². The number of nitrogens with zero attached hydrogens (tertiary/aromatic N) is 1. The van der Waals surface area contributed by atoms with E-state index in [0.29, 0.717) is 18.3 Å². The van der Waals surface area contributed by atoms with E-state index in [1.165, 1.54) is 0 Å². The molecule has 0 spiro atoms. The highest BCUT2D eigenvalue weighted by molar-refractivity contribution is 5.77. The normalized spacial score (nSPS) is 25.7. The molecule has 2 fully saturated rings. The van der Waals surface area contributed by atoms with Crippen LogP contribution in [0, 0.1) is 11.8 Å². The van der Waals surface area contributed by atoms with Crippen molar-refractivity contribution in [2.24, 2.45) is 11.8 Å². The molecule has 1 aromatic rings. The van der Waals surface area contributed by atoms with E-state index in [1.54, 1.807) is 7.11 Å². The summed E-state index contributed by atoms with van der Waals surface area (Å²) in [5, 5.41) is 3.41. The Bertz CT molecular complexity index is 505. The number of hydrogen-bond donors (Lipinski definition) is 1. The summed E-state index contributed by atoms with van der Waals surface area (Å²) in [6.07, 6.45) is 0.563. The summed E-state index contributed by atoms with van der Waals surface area (Å²) < 4.78 is 5.40. The second kappa shape index (κ2) is 6.06. The Hall–Kier alpha value is -1.55. The molecule has 0 radical (unpaired) electrons. The van der Waals surface area contributed by atoms with Gasteiger partial charge >= 0.3 is 0 Å². The van der Waals surface area contributed by atoms with Crippen LogP contribution < -0.4 is 10.1 Å². The molecule has 4 heteroatoms.